The quantitative estimate of drug-likeness (QED) is 0.831. The molecule has 0 aliphatic carbocycles. The molecule has 5 nitrogen and oxygen atoms in total. The first-order valence-corrected chi connectivity index (χ1v) is 6.27. The van der Waals surface area contributed by atoms with E-state index in [2.05, 4.69) is 9.36 Å². The van der Waals surface area contributed by atoms with Gasteiger partial charge in [0.15, 0.2) is 0 Å². The van der Waals surface area contributed by atoms with E-state index in [0.717, 1.165) is 11.1 Å². The molecule has 0 bridgehead atoms. The van der Waals surface area contributed by atoms with Gasteiger partial charge in [0.25, 0.3) is 11.1 Å². The first kappa shape index (κ1) is 11.2. The summed E-state index contributed by atoms with van der Waals surface area (Å²) in [5.41, 5.74) is 1.74. The molecule has 0 atom stereocenters. The van der Waals surface area contributed by atoms with Crippen molar-refractivity contribution in [3.05, 3.63) is 35.2 Å². The van der Waals surface area contributed by atoms with Crippen molar-refractivity contribution in [2.45, 2.75) is 13.5 Å². The van der Waals surface area contributed by atoms with Crippen LogP contribution in [0.3, 0.4) is 0 Å². The number of ether oxygens (including phenoxy) is 1. The van der Waals surface area contributed by atoms with Gasteiger partial charge in [-0.3, -0.25) is 4.79 Å². The Kier molecular flexibility index (Phi) is 2.52. The average Bonchev–Trinajstić information content (AvgIpc) is 2.85. The lowest BCUT2D eigenvalue weighted by atomic mass is 10.1. The Labute approximate surface area is 108 Å². The van der Waals surface area contributed by atoms with E-state index in [1.165, 1.54) is 11.5 Å². The molecule has 0 saturated carbocycles. The lowest BCUT2D eigenvalue weighted by molar-refractivity contribution is 0.0816. The fourth-order valence-electron chi connectivity index (χ4n) is 1.93. The van der Waals surface area contributed by atoms with Gasteiger partial charge < -0.3 is 9.64 Å². The van der Waals surface area contributed by atoms with Gasteiger partial charge in [-0.05, 0) is 30.7 Å². The number of hydrogen-bond donors (Lipinski definition) is 0. The van der Waals surface area contributed by atoms with Crippen LogP contribution in [0.15, 0.2) is 18.2 Å². The second-order valence-electron chi connectivity index (χ2n) is 4.19. The lowest BCUT2D eigenvalue weighted by Crippen LogP contribution is -2.17. The minimum absolute atomic E-state index is 0.0586. The van der Waals surface area contributed by atoms with Crippen molar-refractivity contribution in [1.29, 1.82) is 0 Å². The van der Waals surface area contributed by atoms with Crippen molar-refractivity contribution in [3.63, 3.8) is 0 Å². The van der Waals surface area contributed by atoms with E-state index in [4.69, 9.17) is 4.74 Å². The highest BCUT2D eigenvalue weighted by Crippen LogP contribution is 2.29. The molecule has 6 heteroatoms. The van der Waals surface area contributed by atoms with Gasteiger partial charge in [0, 0.05) is 30.7 Å². The summed E-state index contributed by atoms with van der Waals surface area (Å²) >= 11 is 1.22. The molecule has 2 heterocycles. The molecule has 3 rings (SSSR count). The smallest absolute Gasteiger partial charge is 0.298 e. The molecule has 1 aliphatic heterocycles. The number of hydrogen-bond acceptors (Lipinski definition) is 5. The van der Waals surface area contributed by atoms with Crippen LogP contribution in [0.1, 0.15) is 21.7 Å². The second-order valence-corrected chi connectivity index (χ2v) is 4.90. The predicted molar refractivity (Wildman–Crippen MR) is 67.0 cm³/mol. The van der Waals surface area contributed by atoms with Gasteiger partial charge in [0.05, 0.1) is 0 Å². The third-order valence-corrected chi connectivity index (χ3v) is 3.46. The highest BCUT2D eigenvalue weighted by atomic mass is 32.1. The Balaban J connectivity index is 1.88. The Morgan fingerprint density at radius 3 is 3.00 bits per heavy atom. The van der Waals surface area contributed by atoms with Crippen LogP contribution >= 0.6 is 11.5 Å². The minimum Gasteiger partial charge on any atom is -0.430 e. The van der Waals surface area contributed by atoms with Crippen molar-refractivity contribution in [2.24, 2.45) is 0 Å². The normalized spacial score (nSPS) is 13.9. The number of aryl methyl sites for hydroxylation is 1. The maximum atomic E-state index is 11.7. The monoisotopic (exact) mass is 261 g/mol. The summed E-state index contributed by atoms with van der Waals surface area (Å²) in [6.07, 6.45) is 0. The molecule has 1 aromatic carbocycles. The summed E-state index contributed by atoms with van der Waals surface area (Å²) in [6.45, 7) is 2.44. The van der Waals surface area contributed by atoms with Crippen molar-refractivity contribution >= 4 is 17.4 Å². The number of carbonyl (C=O) groups is 1. The number of benzene rings is 1. The molecule has 1 aliphatic rings. The van der Waals surface area contributed by atoms with Gasteiger partial charge in [-0.15, -0.1) is 0 Å². The van der Waals surface area contributed by atoms with Crippen LogP contribution in [0.25, 0.3) is 0 Å². The molecule has 1 amide bonds. The Bertz CT molecular complexity index is 624. The Morgan fingerprint density at radius 2 is 2.28 bits per heavy atom. The summed E-state index contributed by atoms with van der Waals surface area (Å²) in [4.78, 5) is 17.6. The number of fused-ring (bicyclic) bond motifs is 1. The fourth-order valence-corrected chi connectivity index (χ4v) is 2.48. The van der Waals surface area contributed by atoms with Crippen LogP contribution in [-0.4, -0.2) is 27.2 Å². The highest BCUT2D eigenvalue weighted by Gasteiger charge is 2.24. The van der Waals surface area contributed by atoms with E-state index in [1.807, 2.05) is 13.0 Å². The first-order valence-electron chi connectivity index (χ1n) is 5.50. The molecule has 0 N–H and O–H groups in total. The standard InChI is InChI=1S/C12H11N3O2S/c1-7-13-12(18-14-7)17-9-3-4-10-8(5-9)6-15(2)11(10)16/h3-5H,6H2,1-2H3. The maximum absolute atomic E-state index is 11.7. The molecule has 0 saturated heterocycles. The maximum Gasteiger partial charge on any atom is 0.298 e. The minimum atomic E-state index is 0.0586. The van der Waals surface area contributed by atoms with E-state index in [0.29, 0.717) is 23.3 Å². The van der Waals surface area contributed by atoms with Crippen LogP contribution in [0.2, 0.25) is 0 Å². The number of carbonyl (C=O) groups excluding carboxylic acids is 1. The molecular formula is C12H11N3O2S. The van der Waals surface area contributed by atoms with Gasteiger partial charge >= 0.3 is 0 Å². The summed E-state index contributed by atoms with van der Waals surface area (Å²) in [6, 6.07) is 5.46. The average molecular weight is 261 g/mol. The summed E-state index contributed by atoms with van der Waals surface area (Å²) < 4.78 is 9.66. The third kappa shape index (κ3) is 1.84. The third-order valence-electron chi connectivity index (χ3n) is 2.78. The second kappa shape index (κ2) is 4.06. The van der Waals surface area contributed by atoms with Gasteiger partial charge in [0.1, 0.15) is 11.6 Å². The number of amides is 1. The van der Waals surface area contributed by atoms with Gasteiger partial charge in [0.2, 0.25) is 0 Å². The molecule has 18 heavy (non-hydrogen) atoms. The molecule has 0 unspecified atom stereocenters. The van der Waals surface area contributed by atoms with E-state index in [-0.39, 0.29) is 5.91 Å². The summed E-state index contributed by atoms with van der Waals surface area (Å²) in [5, 5.41) is 0.519. The van der Waals surface area contributed by atoms with Gasteiger partial charge in [-0.25, -0.2) is 0 Å². The van der Waals surface area contributed by atoms with Crippen molar-refractivity contribution in [3.8, 4) is 10.9 Å². The zero-order valence-electron chi connectivity index (χ0n) is 10.0. The van der Waals surface area contributed by atoms with Crippen LogP contribution in [0.4, 0.5) is 0 Å². The van der Waals surface area contributed by atoms with Crippen LogP contribution in [0.5, 0.6) is 10.9 Å². The topological polar surface area (TPSA) is 55.3 Å². The number of nitrogens with zero attached hydrogens (tertiary/aromatic N) is 3. The van der Waals surface area contributed by atoms with Crippen LogP contribution in [0, 0.1) is 6.92 Å². The SMILES string of the molecule is Cc1nsc(Oc2ccc3c(c2)CN(C)C3=O)n1. The van der Waals surface area contributed by atoms with Crippen LogP contribution in [-0.2, 0) is 6.54 Å². The van der Waals surface area contributed by atoms with E-state index in [1.54, 1.807) is 24.1 Å². The first-order chi connectivity index (χ1) is 8.63. The van der Waals surface area contributed by atoms with E-state index in [9.17, 15) is 4.79 Å². The molecule has 0 spiro atoms. The zero-order valence-corrected chi connectivity index (χ0v) is 10.8. The van der Waals surface area contributed by atoms with Crippen LogP contribution < -0.4 is 4.74 Å². The number of aromatic nitrogens is 2. The largest absolute Gasteiger partial charge is 0.430 e. The fraction of sp³-hybridized carbons (Fsp3) is 0.250. The molecule has 1 aromatic heterocycles. The van der Waals surface area contributed by atoms with Crippen molar-refractivity contribution in [2.75, 3.05) is 7.05 Å². The van der Waals surface area contributed by atoms with Crippen molar-refractivity contribution < 1.29 is 9.53 Å². The Morgan fingerprint density at radius 1 is 1.44 bits per heavy atom. The van der Waals surface area contributed by atoms with Gasteiger partial charge in [-0.1, -0.05) is 0 Å². The van der Waals surface area contributed by atoms with Gasteiger partial charge in [-0.2, -0.15) is 9.36 Å². The van der Waals surface area contributed by atoms with Crippen molar-refractivity contribution in [1.82, 2.24) is 14.3 Å². The summed E-state index contributed by atoms with van der Waals surface area (Å²) in [5.74, 6) is 1.45. The predicted octanol–water partition coefficient (Wildman–Crippen LogP) is 2.22. The zero-order chi connectivity index (χ0) is 12.7. The molecule has 0 fully saturated rings. The highest BCUT2D eigenvalue weighted by molar-refractivity contribution is 7.07. The number of rotatable bonds is 2. The molecule has 92 valence electrons. The van der Waals surface area contributed by atoms with E-state index < -0.39 is 0 Å². The molecule has 0 radical (unpaired) electrons. The summed E-state index contributed by atoms with van der Waals surface area (Å²) in [7, 11) is 1.79. The molecular weight excluding hydrogens is 250 g/mol. The Hall–Kier alpha value is -1.95. The molecule has 2 aromatic rings. The van der Waals surface area contributed by atoms with E-state index >= 15 is 0 Å². The lowest BCUT2D eigenvalue weighted by Gasteiger charge is -2.04.